The number of hydrogen-bond acceptors (Lipinski definition) is 2. The molecule has 3 heteroatoms. The summed E-state index contributed by atoms with van der Waals surface area (Å²) in [6, 6.07) is 6.79. The van der Waals surface area contributed by atoms with E-state index in [2.05, 4.69) is 39.4 Å². The molecule has 0 bridgehead atoms. The van der Waals surface area contributed by atoms with Gasteiger partial charge < -0.3 is 11.1 Å². The standard InChI is InChI=1S/C10H13BrN2/c11-9-2-1-3-10-8(9)6-7(13-10)4-5-12/h1-3,7,13H,4-6,12H2. The highest BCUT2D eigenvalue weighted by atomic mass is 79.9. The third kappa shape index (κ3) is 1.71. The first-order valence-corrected chi connectivity index (χ1v) is 5.34. The molecule has 13 heavy (non-hydrogen) atoms. The van der Waals surface area contributed by atoms with Crippen LogP contribution in [0.5, 0.6) is 0 Å². The quantitative estimate of drug-likeness (QED) is 0.832. The minimum atomic E-state index is 0.527. The predicted molar refractivity (Wildman–Crippen MR) is 58.9 cm³/mol. The topological polar surface area (TPSA) is 38.0 Å². The second kappa shape index (κ2) is 3.68. The monoisotopic (exact) mass is 240 g/mol. The number of benzene rings is 1. The fourth-order valence-electron chi connectivity index (χ4n) is 1.79. The first-order chi connectivity index (χ1) is 6.31. The van der Waals surface area contributed by atoms with E-state index in [4.69, 9.17) is 5.73 Å². The zero-order chi connectivity index (χ0) is 9.26. The summed E-state index contributed by atoms with van der Waals surface area (Å²) in [6.07, 6.45) is 2.13. The van der Waals surface area contributed by atoms with Gasteiger partial charge in [-0.3, -0.25) is 0 Å². The molecule has 0 amide bonds. The van der Waals surface area contributed by atoms with Crippen LogP contribution in [-0.4, -0.2) is 12.6 Å². The molecule has 1 heterocycles. The van der Waals surface area contributed by atoms with E-state index < -0.39 is 0 Å². The molecular weight excluding hydrogens is 228 g/mol. The van der Waals surface area contributed by atoms with Crippen LogP contribution >= 0.6 is 15.9 Å². The SMILES string of the molecule is NCCC1Cc2c(Br)cccc2N1. The zero-order valence-electron chi connectivity index (χ0n) is 7.39. The zero-order valence-corrected chi connectivity index (χ0v) is 8.97. The Bertz CT molecular complexity index is 312. The molecule has 1 unspecified atom stereocenters. The van der Waals surface area contributed by atoms with E-state index in [1.807, 2.05) is 0 Å². The van der Waals surface area contributed by atoms with E-state index in [9.17, 15) is 0 Å². The highest BCUT2D eigenvalue weighted by Gasteiger charge is 2.20. The fraction of sp³-hybridized carbons (Fsp3) is 0.400. The van der Waals surface area contributed by atoms with Crippen LogP contribution in [0.3, 0.4) is 0 Å². The van der Waals surface area contributed by atoms with Crippen LogP contribution in [0.2, 0.25) is 0 Å². The van der Waals surface area contributed by atoms with E-state index in [0.717, 1.165) is 19.4 Å². The van der Waals surface area contributed by atoms with Gasteiger partial charge in [-0.25, -0.2) is 0 Å². The van der Waals surface area contributed by atoms with Crippen molar-refractivity contribution in [2.75, 3.05) is 11.9 Å². The van der Waals surface area contributed by atoms with Gasteiger partial charge in [-0.05, 0) is 37.1 Å². The Morgan fingerprint density at radius 2 is 2.38 bits per heavy atom. The number of hydrogen-bond donors (Lipinski definition) is 2. The van der Waals surface area contributed by atoms with Crippen molar-refractivity contribution in [2.24, 2.45) is 5.73 Å². The summed E-state index contributed by atoms with van der Waals surface area (Å²) in [4.78, 5) is 0. The van der Waals surface area contributed by atoms with Crippen LogP contribution in [0.25, 0.3) is 0 Å². The Labute approximate surface area is 86.6 Å². The highest BCUT2D eigenvalue weighted by molar-refractivity contribution is 9.10. The molecule has 1 aromatic rings. The first kappa shape index (κ1) is 9.03. The number of fused-ring (bicyclic) bond motifs is 1. The average molecular weight is 241 g/mol. The molecule has 0 saturated carbocycles. The van der Waals surface area contributed by atoms with Crippen LogP contribution in [0.15, 0.2) is 22.7 Å². The molecule has 1 atom stereocenters. The molecule has 0 saturated heterocycles. The van der Waals surface area contributed by atoms with Gasteiger partial charge in [0.05, 0.1) is 0 Å². The summed E-state index contributed by atoms with van der Waals surface area (Å²) in [5.74, 6) is 0. The molecule has 0 spiro atoms. The van der Waals surface area contributed by atoms with Crippen molar-refractivity contribution in [3.8, 4) is 0 Å². The number of nitrogens with two attached hydrogens (primary N) is 1. The van der Waals surface area contributed by atoms with Crippen LogP contribution in [0.4, 0.5) is 5.69 Å². The van der Waals surface area contributed by atoms with Crippen molar-refractivity contribution < 1.29 is 0 Å². The second-order valence-corrected chi connectivity index (χ2v) is 4.24. The maximum atomic E-state index is 5.53. The van der Waals surface area contributed by atoms with Gasteiger partial charge in [-0.15, -0.1) is 0 Å². The van der Waals surface area contributed by atoms with Crippen molar-refractivity contribution in [2.45, 2.75) is 18.9 Å². The van der Waals surface area contributed by atoms with Crippen LogP contribution in [0, 0.1) is 0 Å². The summed E-state index contributed by atoms with van der Waals surface area (Å²) < 4.78 is 1.21. The summed E-state index contributed by atoms with van der Waals surface area (Å²) in [5, 5.41) is 3.47. The molecule has 1 aromatic carbocycles. The Morgan fingerprint density at radius 1 is 1.54 bits per heavy atom. The van der Waals surface area contributed by atoms with Gasteiger partial charge in [-0.2, -0.15) is 0 Å². The summed E-state index contributed by atoms with van der Waals surface area (Å²) in [6.45, 7) is 0.753. The van der Waals surface area contributed by atoms with Gasteiger partial charge in [0.25, 0.3) is 0 Å². The fourth-order valence-corrected chi connectivity index (χ4v) is 2.32. The average Bonchev–Trinajstić information content (AvgIpc) is 2.49. The molecule has 0 aliphatic carbocycles. The lowest BCUT2D eigenvalue weighted by Crippen LogP contribution is -2.19. The summed E-state index contributed by atoms with van der Waals surface area (Å²) in [7, 11) is 0. The normalized spacial score (nSPS) is 19.7. The van der Waals surface area contributed by atoms with E-state index in [1.165, 1.54) is 15.7 Å². The number of rotatable bonds is 2. The van der Waals surface area contributed by atoms with Gasteiger partial charge in [0.2, 0.25) is 0 Å². The van der Waals surface area contributed by atoms with Gasteiger partial charge in [-0.1, -0.05) is 22.0 Å². The van der Waals surface area contributed by atoms with Crippen molar-refractivity contribution in [1.82, 2.24) is 0 Å². The Hall–Kier alpha value is -0.540. The second-order valence-electron chi connectivity index (χ2n) is 3.39. The van der Waals surface area contributed by atoms with Gasteiger partial charge in [0.1, 0.15) is 0 Å². The van der Waals surface area contributed by atoms with Gasteiger partial charge >= 0.3 is 0 Å². The molecule has 0 radical (unpaired) electrons. The van der Waals surface area contributed by atoms with E-state index >= 15 is 0 Å². The lowest BCUT2D eigenvalue weighted by Gasteiger charge is -2.07. The largest absolute Gasteiger partial charge is 0.382 e. The smallest absolute Gasteiger partial charge is 0.0387 e. The lowest BCUT2D eigenvalue weighted by molar-refractivity contribution is 0.684. The molecule has 3 N–H and O–H groups in total. The Kier molecular flexibility index (Phi) is 2.56. The highest BCUT2D eigenvalue weighted by Crippen LogP contribution is 2.32. The number of anilines is 1. The molecule has 1 aliphatic rings. The third-order valence-corrected chi connectivity index (χ3v) is 3.19. The van der Waals surface area contributed by atoms with E-state index in [0.29, 0.717) is 6.04 Å². The molecule has 2 rings (SSSR count). The molecule has 70 valence electrons. The maximum Gasteiger partial charge on any atom is 0.0387 e. The summed E-state index contributed by atoms with van der Waals surface area (Å²) in [5.41, 5.74) is 8.18. The van der Waals surface area contributed by atoms with Gasteiger partial charge in [0.15, 0.2) is 0 Å². The van der Waals surface area contributed by atoms with Gasteiger partial charge in [0, 0.05) is 16.2 Å². The Morgan fingerprint density at radius 3 is 3.08 bits per heavy atom. The lowest BCUT2D eigenvalue weighted by atomic mass is 10.1. The van der Waals surface area contributed by atoms with Crippen molar-refractivity contribution >= 4 is 21.6 Å². The minimum absolute atomic E-state index is 0.527. The molecule has 1 aliphatic heterocycles. The van der Waals surface area contributed by atoms with Crippen molar-refractivity contribution in [1.29, 1.82) is 0 Å². The van der Waals surface area contributed by atoms with Crippen LogP contribution in [0.1, 0.15) is 12.0 Å². The predicted octanol–water partition coefficient (Wildman–Crippen LogP) is 2.13. The van der Waals surface area contributed by atoms with Crippen molar-refractivity contribution in [3.05, 3.63) is 28.2 Å². The van der Waals surface area contributed by atoms with Crippen LogP contribution in [-0.2, 0) is 6.42 Å². The van der Waals surface area contributed by atoms with E-state index in [1.54, 1.807) is 0 Å². The number of nitrogens with one attached hydrogen (secondary N) is 1. The molecular formula is C10H13BrN2. The Balaban J connectivity index is 2.20. The number of halogens is 1. The minimum Gasteiger partial charge on any atom is -0.382 e. The molecule has 0 fully saturated rings. The molecule has 0 aromatic heterocycles. The first-order valence-electron chi connectivity index (χ1n) is 4.55. The third-order valence-electron chi connectivity index (χ3n) is 2.44. The summed E-state index contributed by atoms with van der Waals surface area (Å²) >= 11 is 3.55. The molecule has 2 nitrogen and oxygen atoms in total. The van der Waals surface area contributed by atoms with E-state index in [-0.39, 0.29) is 0 Å². The van der Waals surface area contributed by atoms with Crippen LogP contribution < -0.4 is 11.1 Å². The van der Waals surface area contributed by atoms with Crippen molar-refractivity contribution in [3.63, 3.8) is 0 Å². The maximum absolute atomic E-state index is 5.53.